The maximum atomic E-state index is 13.3. The van der Waals surface area contributed by atoms with Crippen LogP contribution in [0.25, 0.3) is 0 Å². The highest BCUT2D eigenvalue weighted by Gasteiger charge is 2.15. The van der Waals surface area contributed by atoms with Crippen LogP contribution in [0.1, 0.15) is 83.5 Å². The predicted octanol–water partition coefficient (Wildman–Crippen LogP) is 2.32. The molecule has 0 radical (unpaired) electrons. The monoisotopic (exact) mass is 686 g/mol. The minimum atomic E-state index is -0.629. The van der Waals surface area contributed by atoms with E-state index in [2.05, 4.69) is 33.7 Å². The summed E-state index contributed by atoms with van der Waals surface area (Å²) >= 11 is 0. The van der Waals surface area contributed by atoms with Crippen LogP contribution in [0.2, 0.25) is 0 Å². The number of nitrogens with zero attached hydrogens (tertiary/aromatic N) is 3. The second-order valence-corrected chi connectivity index (χ2v) is 11.0. The minimum Gasteiger partial charge on any atom is -0.436 e. The first-order chi connectivity index (χ1) is 23.8. The van der Waals surface area contributed by atoms with Crippen LogP contribution in [0.4, 0.5) is 14.4 Å². The highest BCUT2D eigenvalue weighted by atomic mass is 16.6. The summed E-state index contributed by atoms with van der Waals surface area (Å²) in [6.07, 6.45) is 22.5. The lowest BCUT2D eigenvalue weighted by Crippen LogP contribution is -2.54. The highest BCUT2D eigenvalue weighted by Crippen LogP contribution is 2.04. The van der Waals surface area contributed by atoms with Gasteiger partial charge in [0, 0.05) is 39.3 Å². The topological polar surface area (TPSA) is 181 Å². The maximum Gasteiger partial charge on any atom is 0.408 e. The molecule has 0 bridgehead atoms. The van der Waals surface area contributed by atoms with Crippen molar-refractivity contribution in [3.8, 4) is 37.0 Å². The molecule has 0 spiro atoms. The summed E-state index contributed by atoms with van der Waals surface area (Å²) in [5.74, 6) is 6.65. The van der Waals surface area contributed by atoms with E-state index in [0.29, 0.717) is 64.6 Å². The third-order valence-electron chi connectivity index (χ3n) is 7.23. The number of hydrogen-bond acceptors (Lipinski definition) is 9. The smallest absolute Gasteiger partial charge is 0.408 e. The van der Waals surface area contributed by atoms with E-state index in [4.69, 9.17) is 33.5 Å². The van der Waals surface area contributed by atoms with Crippen LogP contribution < -0.4 is 33.0 Å². The Morgan fingerprint density at radius 1 is 0.449 bits per heavy atom. The number of aromatic nitrogens is 3. The number of amides is 3. The standard InChI is InChI=1S/C34H50N6O9/c1-4-26-47-29(41)35-20-14-8-7-11-17-23-38-32(44)39(24-18-12-9-15-21-36-30(42)48-27-5-2)34(46)40(33(38)45)25-19-13-10-16-22-37-31(43)49-28-6-3/h1-3H,7-28H2,(H,35,41)(H,36,42)(H,37,43). The van der Waals surface area contributed by atoms with Gasteiger partial charge in [-0.15, -0.1) is 19.3 Å². The van der Waals surface area contributed by atoms with Crippen LogP contribution in [0.5, 0.6) is 0 Å². The van der Waals surface area contributed by atoms with Gasteiger partial charge in [-0.3, -0.25) is 0 Å². The first-order valence-electron chi connectivity index (χ1n) is 16.7. The molecule has 3 amide bonds. The summed E-state index contributed by atoms with van der Waals surface area (Å²) in [6.45, 7) is 1.47. The number of rotatable bonds is 25. The van der Waals surface area contributed by atoms with Gasteiger partial charge in [0.15, 0.2) is 19.8 Å². The van der Waals surface area contributed by atoms with Gasteiger partial charge >= 0.3 is 35.3 Å². The average Bonchev–Trinajstić information content (AvgIpc) is 3.09. The second kappa shape index (κ2) is 26.9. The van der Waals surface area contributed by atoms with Crippen LogP contribution in [-0.4, -0.2) is 71.4 Å². The number of nitrogens with one attached hydrogen (secondary N) is 3. The molecule has 1 aromatic heterocycles. The van der Waals surface area contributed by atoms with E-state index in [1.54, 1.807) is 0 Å². The molecule has 0 unspecified atom stereocenters. The summed E-state index contributed by atoms with van der Waals surface area (Å²) in [4.78, 5) is 74.3. The van der Waals surface area contributed by atoms with Gasteiger partial charge in [0.1, 0.15) is 0 Å². The number of carbonyl (C=O) groups is 3. The molecule has 0 aliphatic rings. The summed E-state index contributed by atoms with van der Waals surface area (Å²) in [5, 5.41) is 7.82. The van der Waals surface area contributed by atoms with E-state index in [1.165, 1.54) is 0 Å². The molecule has 0 atom stereocenters. The van der Waals surface area contributed by atoms with Crippen molar-refractivity contribution in [2.45, 2.75) is 103 Å². The van der Waals surface area contributed by atoms with Gasteiger partial charge in [0.2, 0.25) is 0 Å². The molecule has 0 saturated carbocycles. The van der Waals surface area contributed by atoms with Gasteiger partial charge in [-0.1, -0.05) is 62.7 Å². The summed E-state index contributed by atoms with van der Waals surface area (Å²) in [5.41, 5.74) is -1.88. The van der Waals surface area contributed by atoms with E-state index in [9.17, 15) is 28.8 Å². The van der Waals surface area contributed by atoms with Crippen molar-refractivity contribution in [1.82, 2.24) is 29.7 Å². The molecule has 0 aliphatic heterocycles. The summed E-state index contributed by atoms with van der Waals surface area (Å²) < 4.78 is 17.6. The van der Waals surface area contributed by atoms with Crippen molar-refractivity contribution in [3.63, 3.8) is 0 Å². The fourth-order valence-electron chi connectivity index (χ4n) is 4.72. The molecular formula is C34H50N6O9. The predicted molar refractivity (Wildman–Crippen MR) is 184 cm³/mol. The van der Waals surface area contributed by atoms with Gasteiger partial charge in [-0.05, 0) is 38.5 Å². The molecular weight excluding hydrogens is 636 g/mol. The molecule has 3 N–H and O–H groups in total. The number of carbonyl (C=O) groups excluding carboxylic acids is 3. The van der Waals surface area contributed by atoms with Gasteiger partial charge in [-0.2, -0.15) is 0 Å². The fourth-order valence-corrected chi connectivity index (χ4v) is 4.72. The zero-order chi connectivity index (χ0) is 36.1. The van der Waals surface area contributed by atoms with Crippen LogP contribution in [0.3, 0.4) is 0 Å². The molecule has 0 saturated heterocycles. The Bertz CT molecular complexity index is 1380. The van der Waals surface area contributed by atoms with Crippen molar-refractivity contribution in [1.29, 1.82) is 0 Å². The summed E-state index contributed by atoms with van der Waals surface area (Å²) in [6, 6.07) is 0. The van der Waals surface area contributed by atoms with Crippen molar-refractivity contribution < 1.29 is 28.6 Å². The molecule has 15 nitrogen and oxygen atoms in total. The molecule has 0 fully saturated rings. The quantitative estimate of drug-likeness (QED) is 0.0790. The number of hydrogen-bond donors (Lipinski definition) is 3. The lowest BCUT2D eigenvalue weighted by Gasteiger charge is -2.14. The SMILES string of the molecule is C#CCOC(=O)NCCCCCCCn1c(=O)n(CCCCCCNC(=O)OCC#C)c(=O)n(CCCCCCNC(=O)OCC#C)c1=O. The third-order valence-corrected chi connectivity index (χ3v) is 7.23. The number of unbranched alkanes of at least 4 members (excludes halogenated alkanes) is 10. The van der Waals surface area contributed by atoms with Crippen molar-refractivity contribution in [2.24, 2.45) is 0 Å². The van der Waals surface area contributed by atoms with E-state index in [1.807, 2.05) is 0 Å². The molecule has 1 aromatic rings. The van der Waals surface area contributed by atoms with Crippen LogP contribution in [-0.2, 0) is 33.8 Å². The average molecular weight is 687 g/mol. The van der Waals surface area contributed by atoms with Gasteiger partial charge < -0.3 is 30.2 Å². The Kier molecular flexibility index (Phi) is 23.0. The Balaban J connectivity index is 2.72. The molecule has 1 heterocycles. The van der Waals surface area contributed by atoms with E-state index in [-0.39, 0.29) is 39.5 Å². The lowest BCUT2D eigenvalue weighted by molar-refractivity contribution is 0.159. The van der Waals surface area contributed by atoms with Crippen molar-refractivity contribution in [2.75, 3.05) is 39.5 Å². The fraction of sp³-hybridized carbons (Fsp3) is 0.647. The maximum absolute atomic E-state index is 13.3. The minimum absolute atomic E-state index is 0.0856. The third kappa shape index (κ3) is 18.7. The molecule has 15 heteroatoms. The molecule has 270 valence electrons. The molecule has 0 aliphatic carbocycles. The first-order valence-corrected chi connectivity index (χ1v) is 16.7. The van der Waals surface area contributed by atoms with Crippen LogP contribution in [0.15, 0.2) is 14.4 Å². The summed E-state index contributed by atoms with van der Waals surface area (Å²) in [7, 11) is 0. The largest absolute Gasteiger partial charge is 0.436 e. The molecule has 49 heavy (non-hydrogen) atoms. The molecule has 1 rings (SSSR count). The van der Waals surface area contributed by atoms with Crippen LogP contribution in [0, 0.1) is 37.0 Å². The van der Waals surface area contributed by atoms with E-state index in [0.717, 1.165) is 52.2 Å². The van der Waals surface area contributed by atoms with Crippen molar-refractivity contribution in [3.05, 3.63) is 31.5 Å². The highest BCUT2D eigenvalue weighted by molar-refractivity contribution is 5.67. The number of terminal acetylenes is 3. The van der Waals surface area contributed by atoms with E-state index >= 15 is 0 Å². The number of ether oxygens (including phenoxy) is 3. The Morgan fingerprint density at radius 2 is 0.694 bits per heavy atom. The molecule has 0 aromatic carbocycles. The second-order valence-electron chi connectivity index (χ2n) is 11.0. The van der Waals surface area contributed by atoms with Gasteiger partial charge in [0.25, 0.3) is 0 Å². The van der Waals surface area contributed by atoms with E-state index < -0.39 is 35.3 Å². The normalized spacial score (nSPS) is 10.2. The van der Waals surface area contributed by atoms with Gasteiger partial charge in [-0.25, -0.2) is 42.5 Å². The zero-order valence-electron chi connectivity index (χ0n) is 28.3. The van der Waals surface area contributed by atoms with Gasteiger partial charge in [0.05, 0.1) is 0 Å². The Hall–Kier alpha value is -5.10. The Labute approximate surface area is 287 Å². The van der Waals surface area contributed by atoms with Crippen LogP contribution >= 0.6 is 0 Å². The number of alkyl carbamates (subject to hydrolysis) is 3. The lowest BCUT2D eigenvalue weighted by atomic mass is 10.1. The zero-order valence-corrected chi connectivity index (χ0v) is 28.3. The Morgan fingerprint density at radius 3 is 0.959 bits per heavy atom. The first kappa shape index (κ1) is 41.9. The van der Waals surface area contributed by atoms with Crippen molar-refractivity contribution >= 4 is 18.3 Å².